The molecule has 0 saturated carbocycles. The first-order chi connectivity index (χ1) is 17.3. The molecular formula is C27H60N4O6. The van der Waals surface area contributed by atoms with Crippen molar-refractivity contribution in [2.45, 2.75) is 97.4 Å². The summed E-state index contributed by atoms with van der Waals surface area (Å²) in [7, 11) is 0. The fourth-order valence-electron chi connectivity index (χ4n) is 4.90. The van der Waals surface area contributed by atoms with Crippen LogP contribution in [0.25, 0.3) is 0 Å². The molecule has 10 heteroatoms. The lowest BCUT2D eigenvalue weighted by Gasteiger charge is -2.30. The monoisotopic (exact) mass is 536 g/mol. The van der Waals surface area contributed by atoms with Crippen LogP contribution in [0, 0.1) is 0 Å². The molecule has 6 N–H and O–H groups in total. The molecule has 0 rings (SSSR count). The molecule has 0 aliphatic rings. The van der Waals surface area contributed by atoms with Crippen LogP contribution in [0.2, 0.25) is 0 Å². The van der Waals surface area contributed by atoms with E-state index in [-0.39, 0.29) is 0 Å². The van der Waals surface area contributed by atoms with Crippen molar-refractivity contribution >= 4 is 0 Å². The van der Waals surface area contributed by atoms with Gasteiger partial charge < -0.3 is 40.4 Å². The first-order valence-electron chi connectivity index (χ1n) is 14.3. The molecule has 0 fully saturated rings. The molecule has 6 unspecified atom stereocenters. The van der Waals surface area contributed by atoms with Crippen molar-refractivity contribution in [2.24, 2.45) is 0 Å². The molecule has 0 heterocycles. The van der Waals surface area contributed by atoms with Gasteiger partial charge in [0.1, 0.15) is 0 Å². The zero-order chi connectivity index (χ0) is 28.4. The highest BCUT2D eigenvalue weighted by Gasteiger charge is 2.16. The molecule has 0 aliphatic carbocycles. The van der Waals surface area contributed by atoms with Crippen molar-refractivity contribution in [1.82, 2.24) is 19.6 Å². The van der Waals surface area contributed by atoms with Gasteiger partial charge in [-0.1, -0.05) is 0 Å². The molecule has 0 aromatic carbocycles. The summed E-state index contributed by atoms with van der Waals surface area (Å²) in [5, 5.41) is 59.0. The average molecular weight is 537 g/mol. The minimum Gasteiger partial charge on any atom is -0.392 e. The molecule has 0 spiro atoms. The van der Waals surface area contributed by atoms with E-state index in [4.69, 9.17) is 0 Å². The first kappa shape index (κ1) is 36.6. The fourth-order valence-corrected chi connectivity index (χ4v) is 4.90. The van der Waals surface area contributed by atoms with E-state index < -0.39 is 36.6 Å². The third-order valence-electron chi connectivity index (χ3n) is 5.98. The quantitative estimate of drug-likeness (QED) is 0.0972. The molecule has 10 nitrogen and oxygen atoms in total. The summed E-state index contributed by atoms with van der Waals surface area (Å²) in [6, 6.07) is 0. The highest BCUT2D eigenvalue weighted by Crippen LogP contribution is 2.05. The summed E-state index contributed by atoms with van der Waals surface area (Å²) in [6.07, 6.45) is 0.0447. The van der Waals surface area contributed by atoms with Crippen LogP contribution in [-0.4, -0.2) is 165 Å². The van der Waals surface area contributed by atoms with Crippen molar-refractivity contribution in [3.05, 3.63) is 0 Å². The van der Waals surface area contributed by atoms with Gasteiger partial charge in [-0.3, -0.25) is 9.80 Å². The molecule has 37 heavy (non-hydrogen) atoms. The van der Waals surface area contributed by atoms with Crippen molar-refractivity contribution in [3.8, 4) is 0 Å². The maximum absolute atomic E-state index is 9.99. The Labute approximate surface area is 226 Å². The van der Waals surface area contributed by atoms with Crippen LogP contribution in [0.4, 0.5) is 0 Å². The Kier molecular flexibility index (Phi) is 21.2. The second-order valence-electron chi connectivity index (χ2n) is 11.3. The number of aliphatic hydroxyl groups excluding tert-OH is 6. The van der Waals surface area contributed by atoms with Gasteiger partial charge in [-0.2, -0.15) is 0 Å². The van der Waals surface area contributed by atoms with Crippen molar-refractivity contribution in [3.63, 3.8) is 0 Å². The predicted octanol–water partition coefficient (Wildman–Crippen LogP) is -0.350. The Hall–Kier alpha value is -0.400. The van der Waals surface area contributed by atoms with E-state index in [0.717, 1.165) is 58.5 Å². The molecule has 0 aromatic rings. The standard InChI is InChI=1S/C27H60N4O6/c1-22(32)16-28(12-8-14-30(18-24(3)34)19-25(4)35)10-7-11-29(17-23(2)33)13-9-15-31(20-26(5)36)21-27(6)37/h22-27,32-37H,7-21H2,1-6H3. The molecule has 0 aliphatic heterocycles. The van der Waals surface area contributed by atoms with Crippen LogP contribution in [-0.2, 0) is 0 Å². The lowest BCUT2D eigenvalue weighted by molar-refractivity contribution is 0.0754. The predicted molar refractivity (Wildman–Crippen MR) is 150 cm³/mol. The van der Waals surface area contributed by atoms with Gasteiger partial charge in [0.2, 0.25) is 0 Å². The number of hydrogen-bond donors (Lipinski definition) is 6. The SMILES string of the molecule is CC(O)CN(CCCN(CCCN(CC(C)O)CC(C)O)CC(C)O)CCCN(CC(C)O)CC(C)O. The van der Waals surface area contributed by atoms with Crippen molar-refractivity contribution in [1.29, 1.82) is 0 Å². The number of nitrogens with zero attached hydrogens (tertiary/aromatic N) is 4. The lowest BCUT2D eigenvalue weighted by Crippen LogP contribution is -2.41. The summed E-state index contributed by atoms with van der Waals surface area (Å²) in [5.74, 6) is 0. The third-order valence-corrected chi connectivity index (χ3v) is 5.98. The van der Waals surface area contributed by atoms with Gasteiger partial charge in [-0.25, -0.2) is 0 Å². The molecule has 224 valence electrons. The summed E-state index contributed by atoms with van der Waals surface area (Å²) >= 11 is 0. The summed E-state index contributed by atoms with van der Waals surface area (Å²) in [5.41, 5.74) is 0. The third kappa shape index (κ3) is 23.2. The van der Waals surface area contributed by atoms with Crippen LogP contribution < -0.4 is 0 Å². The van der Waals surface area contributed by atoms with E-state index in [1.807, 2.05) is 0 Å². The lowest BCUT2D eigenvalue weighted by atomic mass is 10.2. The number of aliphatic hydroxyl groups is 6. The van der Waals surface area contributed by atoms with E-state index >= 15 is 0 Å². The largest absolute Gasteiger partial charge is 0.392 e. The van der Waals surface area contributed by atoms with E-state index in [1.165, 1.54) is 0 Å². The molecular weight excluding hydrogens is 476 g/mol. The van der Waals surface area contributed by atoms with Crippen LogP contribution in [0.15, 0.2) is 0 Å². The Morgan fingerprint density at radius 1 is 0.324 bits per heavy atom. The van der Waals surface area contributed by atoms with Gasteiger partial charge in [-0.15, -0.1) is 0 Å². The average Bonchev–Trinajstić information content (AvgIpc) is 2.70. The van der Waals surface area contributed by atoms with Crippen LogP contribution in [0.5, 0.6) is 0 Å². The van der Waals surface area contributed by atoms with Gasteiger partial charge in [0.05, 0.1) is 36.6 Å². The van der Waals surface area contributed by atoms with Crippen molar-refractivity contribution in [2.75, 3.05) is 78.5 Å². The second kappa shape index (κ2) is 21.4. The smallest absolute Gasteiger partial charge is 0.0639 e. The molecule has 0 saturated heterocycles. The second-order valence-corrected chi connectivity index (χ2v) is 11.3. The Morgan fingerprint density at radius 3 is 0.676 bits per heavy atom. The van der Waals surface area contributed by atoms with Crippen molar-refractivity contribution < 1.29 is 30.6 Å². The van der Waals surface area contributed by atoms with E-state index in [1.54, 1.807) is 41.5 Å². The van der Waals surface area contributed by atoms with Gasteiger partial charge in [0, 0.05) is 39.3 Å². The molecule has 0 radical (unpaired) electrons. The maximum Gasteiger partial charge on any atom is 0.0639 e. The molecule has 6 atom stereocenters. The van der Waals surface area contributed by atoms with Gasteiger partial charge >= 0.3 is 0 Å². The Morgan fingerprint density at radius 2 is 0.486 bits per heavy atom. The Bertz CT molecular complexity index is 459. The normalized spacial score (nSPS) is 17.5. The number of hydrogen-bond acceptors (Lipinski definition) is 10. The first-order valence-corrected chi connectivity index (χ1v) is 14.3. The van der Waals surface area contributed by atoms with Crippen LogP contribution in [0.3, 0.4) is 0 Å². The summed E-state index contributed by atoms with van der Waals surface area (Å²) in [6.45, 7) is 18.8. The van der Waals surface area contributed by atoms with Gasteiger partial charge in [0.15, 0.2) is 0 Å². The van der Waals surface area contributed by atoms with E-state index in [0.29, 0.717) is 39.3 Å². The maximum atomic E-state index is 9.99. The summed E-state index contributed by atoms with van der Waals surface area (Å²) < 4.78 is 0. The zero-order valence-corrected chi connectivity index (χ0v) is 24.5. The van der Waals surface area contributed by atoms with Gasteiger partial charge in [-0.05, 0) is 100 Å². The minimum atomic E-state index is -0.446. The Balaban J connectivity index is 4.75. The fraction of sp³-hybridized carbons (Fsp3) is 1.00. The molecule has 0 aromatic heterocycles. The highest BCUT2D eigenvalue weighted by atomic mass is 16.3. The highest BCUT2D eigenvalue weighted by molar-refractivity contribution is 4.71. The van der Waals surface area contributed by atoms with Gasteiger partial charge in [0.25, 0.3) is 0 Å². The number of rotatable bonds is 24. The minimum absolute atomic E-state index is 0.423. The van der Waals surface area contributed by atoms with E-state index in [9.17, 15) is 30.6 Å². The molecule has 0 bridgehead atoms. The van der Waals surface area contributed by atoms with Crippen LogP contribution >= 0.6 is 0 Å². The van der Waals surface area contributed by atoms with Crippen LogP contribution in [0.1, 0.15) is 60.8 Å². The zero-order valence-electron chi connectivity index (χ0n) is 24.5. The summed E-state index contributed by atoms with van der Waals surface area (Å²) in [4.78, 5) is 8.69. The molecule has 0 amide bonds. The van der Waals surface area contributed by atoms with E-state index in [2.05, 4.69) is 19.6 Å². The topological polar surface area (TPSA) is 134 Å².